The molecule has 1 unspecified atom stereocenters. The van der Waals surface area contributed by atoms with E-state index in [0.717, 1.165) is 18.5 Å². The van der Waals surface area contributed by atoms with Crippen LogP contribution in [0.1, 0.15) is 44.6 Å². The summed E-state index contributed by atoms with van der Waals surface area (Å²) in [5.41, 5.74) is 1.04. The third-order valence-electron chi connectivity index (χ3n) is 4.03. The number of rotatable bonds is 5. The average molecular weight is 279 g/mol. The maximum Gasteiger partial charge on any atom is 0.488 e. The van der Waals surface area contributed by atoms with Crippen LogP contribution in [0.4, 0.5) is 4.39 Å². The summed E-state index contributed by atoms with van der Waals surface area (Å²) in [6.07, 6.45) is 5.99. The highest BCUT2D eigenvalue weighted by Crippen LogP contribution is 2.22. The summed E-state index contributed by atoms with van der Waals surface area (Å²) in [5, 5.41) is 18.4. The highest BCUT2D eigenvalue weighted by Gasteiger charge is 2.22. The van der Waals surface area contributed by atoms with Gasteiger partial charge in [0, 0.05) is 12.6 Å². The predicted octanol–water partition coefficient (Wildman–Crippen LogP) is 1.66. The second kappa shape index (κ2) is 7.20. The monoisotopic (exact) mass is 279 g/mol. The van der Waals surface area contributed by atoms with Crippen LogP contribution < -0.4 is 5.46 Å². The highest BCUT2D eigenvalue weighted by atomic mass is 19.1. The molecule has 1 aliphatic rings. The summed E-state index contributed by atoms with van der Waals surface area (Å²) in [7, 11) is -1.61. The largest absolute Gasteiger partial charge is 0.488 e. The summed E-state index contributed by atoms with van der Waals surface area (Å²) in [5.74, 6) is -0.408. The molecule has 0 saturated carbocycles. The topological polar surface area (TPSA) is 43.7 Å². The van der Waals surface area contributed by atoms with Gasteiger partial charge in [-0.3, -0.25) is 4.90 Å². The lowest BCUT2D eigenvalue weighted by Crippen LogP contribution is -2.39. The lowest BCUT2D eigenvalue weighted by Gasteiger charge is -2.35. The Morgan fingerprint density at radius 3 is 2.80 bits per heavy atom. The molecule has 0 bridgehead atoms. The molecule has 0 aromatic heterocycles. The van der Waals surface area contributed by atoms with E-state index in [2.05, 4.69) is 11.8 Å². The fourth-order valence-corrected chi connectivity index (χ4v) is 3.08. The van der Waals surface area contributed by atoms with Crippen LogP contribution in [0.25, 0.3) is 0 Å². The van der Waals surface area contributed by atoms with Crippen LogP contribution in [0.3, 0.4) is 0 Å². The summed E-state index contributed by atoms with van der Waals surface area (Å²) < 4.78 is 13.5. The Balaban J connectivity index is 2.11. The molecule has 110 valence electrons. The summed E-state index contributed by atoms with van der Waals surface area (Å²) in [6, 6.07) is 4.92. The molecule has 5 heteroatoms. The van der Waals surface area contributed by atoms with Gasteiger partial charge in [0.15, 0.2) is 0 Å². The van der Waals surface area contributed by atoms with Crippen LogP contribution in [0.15, 0.2) is 18.2 Å². The van der Waals surface area contributed by atoms with Gasteiger partial charge in [0.1, 0.15) is 5.82 Å². The van der Waals surface area contributed by atoms with Crippen LogP contribution in [0.5, 0.6) is 0 Å². The van der Waals surface area contributed by atoms with Crippen molar-refractivity contribution in [2.24, 2.45) is 0 Å². The highest BCUT2D eigenvalue weighted by molar-refractivity contribution is 6.58. The van der Waals surface area contributed by atoms with E-state index in [0.29, 0.717) is 12.6 Å². The van der Waals surface area contributed by atoms with Gasteiger partial charge in [-0.05, 0) is 49.0 Å². The summed E-state index contributed by atoms with van der Waals surface area (Å²) in [4.78, 5) is 2.40. The zero-order valence-corrected chi connectivity index (χ0v) is 12.1. The molecule has 0 aliphatic carbocycles. The quantitative estimate of drug-likeness (QED) is 0.806. The van der Waals surface area contributed by atoms with Gasteiger partial charge in [-0.2, -0.15) is 0 Å². The first kappa shape index (κ1) is 15.5. The Bertz CT molecular complexity index is 440. The molecule has 20 heavy (non-hydrogen) atoms. The molecule has 1 saturated heterocycles. The van der Waals surface area contributed by atoms with E-state index in [9.17, 15) is 14.4 Å². The molecule has 1 atom stereocenters. The minimum absolute atomic E-state index is 0.226. The number of piperidine rings is 1. The van der Waals surface area contributed by atoms with Crippen molar-refractivity contribution >= 4 is 12.6 Å². The van der Waals surface area contributed by atoms with E-state index < -0.39 is 12.9 Å². The van der Waals surface area contributed by atoms with Crippen LogP contribution >= 0.6 is 0 Å². The number of hydrogen-bond donors (Lipinski definition) is 2. The standard InChI is InChI=1S/C15H23BFNO2/c1-2-5-15-6-3-4-7-18(15)11-12-8-13(16(19)20)10-14(17)9-12/h8-10,15,19-20H,2-7,11H2,1H3. The molecular formula is C15H23BFNO2. The van der Waals surface area contributed by atoms with E-state index in [1.165, 1.54) is 37.8 Å². The average Bonchev–Trinajstić information content (AvgIpc) is 2.40. The van der Waals surface area contributed by atoms with Gasteiger partial charge in [0.25, 0.3) is 0 Å². The van der Waals surface area contributed by atoms with Crippen molar-refractivity contribution in [3.05, 3.63) is 29.6 Å². The third kappa shape index (κ3) is 4.04. The number of likely N-dealkylation sites (tertiary alicyclic amines) is 1. The zero-order valence-electron chi connectivity index (χ0n) is 12.1. The van der Waals surface area contributed by atoms with Crippen molar-refractivity contribution < 1.29 is 14.4 Å². The van der Waals surface area contributed by atoms with Crippen molar-refractivity contribution in [2.45, 2.75) is 51.6 Å². The van der Waals surface area contributed by atoms with Crippen LogP contribution in [-0.4, -0.2) is 34.7 Å². The minimum Gasteiger partial charge on any atom is -0.423 e. The Hall–Kier alpha value is -0.905. The van der Waals surface area contributed by atoms with Gasteiger partial charge in [0.05, 0.1) is 0 Å². The molecule has 1 fully saturated rings. The molecule has 1 aromatic carbocycles. The van der Waals surface area contributed by atoms with Crippen molar-refractivity contribution in [1.82, 2.24) is 4.90 Å². The predicted molar refractivity (Wildman–Crippen MR) is 79.2 cm³/mol. The molecule has 0 radical (unpaired) electrons. The second-order valence-corrected chi connectivity index (χ2v) is 5.68. The van der Waals surface area contributed by atoms with Crippen molar-refractivity contribution in [3.8, 4) is 0 Å². The molecule has 3 nitrogen and oxygen atoms in total. The Morgan fingerprint density at radius 1 is 1.30 bits per heavy atom. The summed E-state index contributed by atoms with van der Waals surface area (Å²) in [6.45, 7) is 3.91. The second-order valence-electron chi connectivity index (χ2n) is 5.68. The van der Waals surface area contributed by atoms with Gasteiger partial charge in [-0.25, -0.2) is 4.39 Å². The minimum atomic E-state index is -1.61. The number of hydrogen-bond acceptors (Lipinski definition) is 3. The van der Waals surface area contributed by atoms with Crippen molar-refractivity contribution in [1.29, 1.82) is 0 Å². The lowest BCUT2D eigenvalue weighted by atomic mass is 9.79. The lowest BCUT2D eigenvalue weighted by molar-refractivity contribution is 0.131. The van der Waals surface area contributed by atoms with Gasteiger partial charge < -0.3 is 10.0 Å². The summed E-state index contributed by atoms with van der Waals surface area (Å²) >= 11 is 0. The zero-order chi connectivity index (χ0) is 14.5. The van der Waals surface area contributed by atoms with E-state index in [4.69, 9.17) is 0 Å². The van der Waals surface area contributed by atoms with Crippen LogP contribution in [0, 0.1) is 5.82 Å². The number of halogens is 1. The molecule has 0 amide bonds. The Kier molecular flexibility index (Phi) is 5.58. The van der Waals surface area contributed by atoms with E-state index >= 15 is 0 Å². The van der Waals surface area contributed by atoms with Crippen LogP contribution in [0.2, 0.25) is 0 Å². The van der Waals surface area contributed by atoms with E-state index in [1.807, 2.05) is 0 Å². The first-order valence-electron chi connectivity index (χ1n) is 7.49. The van der Waals surface area contributed by atoms with Crippen LogP contribution in [-0.2, 0) is 6.54 Å². The van der Waals surface area contributed by atoms with Gasteiger partial charge in [-0.15, -0.1) is 0 Å². The molecule has 2 N–H and O–H groups in total. The van der Waals surface area contributed by atoms with Crippen molar-refractivity contribution in [3.63, 3.8) is 0 Å². The number of nitrogens with zero attached hydrogens (tertiary/aromatic N) is 1. The van der Waals surface area contributed by atoms with Gasteiger partial charge in [-0.1, -0.05) is 25.8 Å². The molecule has 1 aliphatic heterocycles. The first-order valence-corrected chi connectivity index (χ1v) is 7.49. The Labute approximate surface area is 120 Å². The van der Waals surface area contributed by atoms with Gasteiger partial charge >= 0.3 is 7.12 Å². The maximum absolute atomic E-state index is 13.5. The molecule has 1 aromatic rings. The van der Waals surface area contributed by atoms with E-state index in [1.54, 1.807) is 6.07 Å². The molecule has 0 spiro atoms. The molecule has 1 heterocycles. The molecular weight excluding hydrogens is 256 g/mol. The Morgan fingerprint density at radius 2 is 2.10 bits per heavy atom. The van der Waals surface area contributed by atoms with E-state index in [-0.39, 0.29) is 5.46 Å². The maximum atomic E-state index is 13.5. The fraction of sp³-hybridized carbons (Fsp3) is 0.600. The normalized spacial score (nSPS) is 20.1. The number of benzene rings is 1. The first-order chi connectivity index (χ1) is 9.60. The van der Waals surface area contributed by atoms with Crippen molar-refractivity contribution in [2.75, 3.05) is 6.54 Å². The fourth-order valence-electron chi connectivity index (χ4n) is 3.08. The molecule has 2 rings (SSSR count). The SMILES string of the molecule is CCCC1CCCCN1Cc1cc(F)cc(B(O)O)c1. The van der Waals surface area contributed by atoms with Gasteiger partial charge in [0.2, 0.25) is 0 Å². The smallest absolute Gasteiger partial charge is 0.423 e. The third-order valence-corrected chi connectivity index (χ3v) is 4.03.